The van der Waals surface area contributed by atoms with Crippen molar-refractivity contribution in [2.24, 2.45) is 0 Å². The van der Waals surface area contributed by atoms with E-state index in [1.165, 1.54) is 11.0 Å². The fraction of sp³-hybridized carbons (Fsp3) is 0.400. The number of hydrogen-bond donors (Lipinski definition) is 1. The zero-order chi connectivity index (χ0) is 27.2. The normalized spacial score (nSPS) is 19.6. The summed E-state index contributed by atoms with van der Waals surface area (Å²) in [4.78, 5) is 34.7. The third-order valence-corrected chi connectivity index (χ3v) is 7.74. The van der Waals surface area contributed by atoms with E-state index in [2.05, 4.69) is 9.88 Å². The first kappa shape index (κ1) is 25.9. The molecule has 1 aliphatic carbocycles. The minimum absolute atomic E-state index is 0.0619. The van der Waals surface area contributed by atoms with Gasteiger partial charge in [-0.15, -0.1) is 0 Å². The number of carboxylic acid groups (broad SMARTS) is 1. The lowest BCUT2D eigenvalue weighted by Gasteiger charge is -2.43. The van der Waals surface area contributed by atoms with Crippen molar-refractivity contribution in [1.82, 2.24) is 14.8 Å². The number of halogens is 3. The molecule has 0 radical (unpaired) electrons. The van der Waals surface area contributed by atoms with E-state index in [1.807, 2.05) is 24.3 Å². The van der Waals surface area contributed by atoms with Crippen LogP contribution in [0.2, 0.25) is 0 Å². The number of alkyl halides is 3. The van der Waals surface area contributed by atoms with Gasteiger partial charge in [-0.25, -0.2) is 9.78 Å². The fourth-order valence-corrected chi connectivity index (χ4v) is 5.66. The molecular formula is C25H23F3N6O3S. The van der Waals surface area contributed by atoms with Crippen LogP contribution in [0.4, 0.5) is 29.3 Å². The number of thiocarbonyl (C=S) groups is 1. The number of benzene rings is 1. The molecular weight excluding hydrogens is 521 g/mol. The van der Waals surface area contributed by atoms with E-state index < -0.39 is 35.0 Å². The van der Waals surface area contributed by atoms with Crippen molar-refractivity contribution < 1.29 is 27.9 Å². The smallest absolute Gasteiger partial charge is 0.419 e. The van der Waals surface area contributed by atoms with Crippen LogP contribution in [0, 0.1) is 11.3 Å². The molecule has 198 valence electrons. The molecule has 2 aliphatic heterocycles. The first-order valence-electron chi connectivity index (χ1n) is 12.0. The van der Waals surface area contributed by atoms with E-state index in [9.17, 15) is 22.8 Å². The zero-order valence-corrected chi connectivity index (χ0v) is 20.9. The van der Waals surface area contributed by atoms with Crippen molar-refractivity contribution in [3.05, 3.63) is 53.3 Å². The summed E-state index contributed by atoms with van der Waals surface area (Å²) in [5, 5.41) is 18.2. The number of anilines is 2. The molecule has 13 heteroatoms. The van der Waals surface area contributed by atoms with E-state index in [1.54, 1.807) is 4.90 Å². The highest BCUT2D eigenvalue weighted by Gasteiger charge is 2.59. The fourth-order valence-electron chi connectivity index (χ4n) is 5.20. The van der Waals surface area contributed by atoms with Gasteiger partial charge in [-0.05, 0) is 55.2 Å². The van der Waals surface area contributed by atoms with Crippen LogP contribution in [0.25, 0.3) is 0 Å². The lowest BCUT2D eigenvalue weighted by Crippen LogP contribution is -2.55. The van der Waals surface area contributed by atoms with Gasteiger partial charge in [-0.3, -0.25) is 14.6 Å². The molecule has 3 aliphatic rings. The number of piperazine rings is 1. The SMILES string of the molecule is N#Cc1ncc(N2C(=O)C3(CCC3)N(c3ccc(CN4CCN(C(=O)O)CC4)cc3)C2=S)cc1C(F)(F)F. The Bertz CT molecular complexity index is 1330. The molecule has 0 unspecified atom stereocenters. The van der Waals surface area contributed by atoms with Crippen molar-refractivity contribution in [2.75, 3.05) is 36.0 Å². The lowest BCUT2D eigenvalue weighted by atomic mass is 9.75. The number of pyridine rings is 1. The average Bonchev–Trinajstić information content (AvgIpc) is 3.10. The number of carbonyl (C=O) groups is 2. The number of nitriles is 1. The molecule has 5 rings (SSSR count). The van der Waals surface area contributed by atoms with Crippen LogP contribution >= 0.6 is 12.2 Å². The predicted octanol–water partition coefficient (Wildman–Crippen LogP) is 3.83. The Morgan fingerprint density at radius 1 is 1.13 bits per heavy atom. The summed E-state index contributed by atoms with van der Waals surface area (Å²) in [6, 6.07) is 9.69. The third kappa shape index (κ3) is 4.33. The molecule has 2 saturated heterocycles. The monoisotopic (exact) mass is 544 g/mol. The highest BCUT2D eigenvalue weighted by atomic mass is 32.1. The summed E-state index contributed by atoms with van der Waals surface area (Å²) >= 11 is 5.64. The van der Waals surface area contributed by atoms with Gasteiger partial charge in [0.1, 0.15) is 11.6 Å². The predicted molar refractivity (Wildman–Crippen MR) is 134 cm³/mol. The molecule has 38 heavy (non-hydrogen) atoms. The molecule has 1 aromatic heterocycles. The van der Waals surface area contributed by atoms with Crippen molar-refractivity contribution >= 4 is 40.7 Å². The van der Waals surface area contributed by atoms with Crippen LogP contribution in [0.1, 0.15) is 36.1 Å². The minimum atomic E-state index is -4.82. The van der Waals surface area contributed by atoms with Crippen LogP contribution < -0.4 is 9.80 Å². The molecule has 0 atom stereocenters. The number of rotatable bonds is 4. The largest absolute Gasteiger partial charge is 0.465 e. The topological polar surface area (TPSA) is 104 Å². The van der Waals surface area contributed by atoms with Gasteiger partial charge in [-0.1, -0.05) is 12.1 Å². The second kappa shape index (κ2) is 9.52. The van der Waals surface area contributed by atoms with Gasteiger partial charge in [-0.2, -0.15) is 18.4 Å². The van der Waals surface area contributed by atoms with E-state index in [4.69, 9.17) is 22.6 Å². The first-order chi connectivity index (χ1) is 18.0. The summed E-state index contributed by atoms with van der Waals surface area (Å²) in [6.45, 7) is 2.75. The molecule has 9 nitrogen and oxygen atoms in total. The van der Waals surface area contributed by atoms with Crippen LogP contribution in [0.5, 0.6) is 0 Å². The van der Waals surface area contributed by atoms with Gasteiger partial charge in [0.05, 0.1) is 17.4 Å². The summed E-state index contributed by atoms with van der Waals surface area (Å²) in [7, 11) is 0. The Hall–Kier alpha value is -3.76. The summed E-state index contributed by atoms with van der Waals surface area (Å²) in [5.74, 6) is -0.409. The number of aromatic nitrogens is 1. The van der Waals surface area contributed by atoms with E-state index in [-0.39, 0.29) is 10.8 Å². The molecule has 2 amide bonds. The summed E-state index contributed by atoms with van der Waals surface area (Å²) < 4.78 is 40.7. The van der Waals surface area contributed by atoms with Gasteiger partial charge in [0.15, 0.2) is 10.8 Å². The van der Waals surface area contributed by atoms with Gasteiger partial charge in [0.25, 0.3) is 5.91 Å². The highest BCUT2D eigenvalue weighted by molar-refractivity contribution is 7.81. The van der Waals surface area contributed by atoms with Crippen molar-refractivity contribution in [3.8, 4) is 6.07 Å². The standard InChI is InChI=1S/C25H23F3N6O3S/c26-25(27,28)19-12-18(14-30-20(19)13-29)33-21(35)24(6-1-7-24)34(22(33)38)17-4-2-16(3-5-17)15-31-8-10-32(11-9-31)23(36)37/h2-5,12,14H,1,6-11,15H2,(H,36,37). The minimum Gasteiger partial charge on any atom is -0.465 e. The molecule has 1 spiro atoms. The molecule has 3 heterocycles. The van der Waals surface area contributed by atoms with Crippen LogP contribution in [-0.4, -0.2) is 68.7 Å². The maximum absolute atomic E-state index is 13.6. The van der Waals surface area contributed by atoms with Crippen molar-refractivity contribution in [1.29, 1.82) is 5.26 Å². The Labute approximate surface area is 221 Å². The summed E-state index contributed by atoms with van der Waals surface area (Å²) in [5.41, 5.74) is -1.44. The average molecular weight is 545 g/mol. The molecule has 1 aromatic carbocycles. The first-order valence-corrected chi connectivity index (χ1v) is 12.4. The summed E-state index contributed by atoms with van der Waals surface area (Å²) in [6.07, 6.45) is -2.88. The zero-order valence-electron chi connectivity index (χ0n) is 20.1. The van der Waals surface area contributed by atoms with Crippen LogP contribution in [-0.2, 0) is 17.5 Å². The Morgan fingerprint density at radius 3 is 2.32 bits per heavy atom. The number of amides is 2. The van der Waals surface area contributed by atoms with Crippen molar-refractivity contribution in [2.45, 2.75) is 37.5 Å². The van der Waals surface area contributed by atoms with E-state index in [0.29, 0.717) is 51.3 Å². The van der Waals surface area contributed by atoms with E-state index in [0.717, 1.165) is 29.1 Å². The second-order valence-corrected chi connectivity index (χ2v) is 9.92. The molecule has 3 fully saturated rings. The number of nitrogens with zero attached hydrogens (tertiary/aromatic N) is 6. The van der Waals surface area contributed by atoms with Crippen LogP contribution in [0.3, 0.4) is 0 Å². The second-order valence-electron chi connectivity index (χ2n) is 9.56. The van der Waals surface area contributed by atoms with Crippen molar-refractivity contribution in [3.63, 3.8) is 0 Å². The van der Waals surface area contributed by atoms with Gasteiger partial charge < -0.3 is 14.9 Å². The Morgan fingerprint density at radius 2 is 1.79 bits per heavy atom. The van der Waals surface area contributed by atoms with Gasteiger partial charge in [0, 0.05) is 38.4 Å². The Kier molecular flexibility index (Phi) is 6.48. The quantitative estimate of drug-likeness (QED) is 0.580. The maximum Gasteiger partial charge on any atom is 0.419 e. The maximum atomic E-state index is 13.6. The van der Waals surface area contributed by atoms with E-state index >= 15 is 0 Å². The number of carbonyl (C=O) groups excluding carboxylic acids is 1. The third-order valence-electron chi connectivity index (χ3n) is 7.38. The van der Waals surface area contributed by atoms with Crippen LogP contribution in [0.15, 0.2) is 36.5 Å². The molecule has 2 aromatic rings. The van der Waals surface area contributed by atoms with Gasteiger partial charge >= 0.3 is 12.3 Å². The molecule has 0 bridgehead atoms. The Balaban J connectivity index is 1.39. The molecule has 1 N–H and O–H groups in total. The lowest BCUT2D eigenvalue weighted by molar-refractivity contribution is -0.138. The van der Waals surface area contributed by atoms with Gasteiger partial charge in [0.2, 0.25) is 0 Å². The molecule has 1 saturated carbocycles. The highest BCUT2D eigenvalue weighted by Crippen LogP contribution is 2.48. The number of hydrogen-bond acceptors (Lipinski definition) is 6.